The molecule has 0 heterocycles. The van der Waals surface area contributed by atoms with Crippen molar-refractivity contribution in [1.82, 2.24) is 10.2 Å². The number of hydrogen-bond acceptors (Lipinski definition) is 3. The first kappa shape index (κ1) is 16.2. The van der Waals surface area contributed by atoms with E-state index in [1.807, 2.05) is 6.92 Å². The van der Waals surface area contributed by atoms with Crippen LogP contribution in [0.5, 0.6) is 0 Å². The van der Waals surface area contributed by atoms with Crippen LogP contribution in [-0.4, -0.2) is 42.1 Å². The van der Waals surface area contributed by atoms with E-state index in [2.05, 4.69) is 11.4 Å². The second-order valence-electron chi connectivity index (χ2n) is 4.47. The van der Waals surface area contributed by atoms with Gasteiger partial charge in [-0.15, -0.1) is 0 Å². The van der Waals surface area contributed by atoms with E-state index in [0.29, 0.717) is 19.5 Å². The third-order valence-electron chi connectivity index (χ3n) is 2.70. The maximum absolute atomic E-state index is 11.7. The third kappa shape index (κ3) is 6.74. The van der Waals surface area contributed by atoms with Crippen LogP contribution in [0.4, 0.5) is 4.79 Å². The molecular weight excluding hydrogens is 234 g/mol. The van der Waals surface area contributed by atoms with Crippen molar-refractivity contribution in [2.75, 3.05) is 20.1 Å². The van der Waals surface area contributed by atoms with E-state index >= 15 is 0 Å². The molecule has 0 aliphatic carbocycles. The van der Waals surface area contributed by atoms with Crippen LogP contribution in [0.3, 0.4) is 0 Å². The molecule has 2 amide bonds. The summed E-state index contributed by atoms with van der Waals surface area (Å²) in [6.07, 6.45) is 0.750. The maximum Gasteiger partial charge on any atom is 0.317 e. The standard InChI is InChI=1S/C12H21N3O3/c1-4-10(5-11(16)17)7-14-12(18)15(3)8-9(2)6-13/h9-10H,4-5,7-8H2,1-3H3,(H,14,18)(H,16,17). The first-order valence-corrected chi connectivity index (χ1v) is 6.01. The van der Waals surface area contributed by atoms with Crippen LogP contribution < -0.4 is 5.32 Å². The lowest BCUT2D eigenvalue weighted by atomic mass is 10.0. The third-order valence-corrected chi connectivity index (χ3v) is 2.70. The Kier molecular flexibility index (Phi) is 7.52. The van der Waals surface area contributed by atoms with E-state index < -0.39 is 5.97 Å². The van der Waals surface area contributed by atoms with Crippen LogP contribution in [0.1, 0.15) is 26.7 Å². The largest absolute Gasteiger partial charge is 0.481 e. The highest BCUT2D eigenvalue weighted by Crippen LogP contribution is 2.06. The summed E-state index contributed by atoms with van der Waals surface area (Å²) in [6, 6.07) is 1.78. The summed E-state index contributed by atoms with van der Waals surface area (Å²) in [5.41, 5.74) is 0. The van der Waals surface area contributed by atoms with Crippen molar-refractivity contribution >= 4 is 12.0 Å². The van der Waals surface area contributed by atoms with Crippen LogP contribution in [0.25, 0.3) is 0 Å². The van der Waals surface area contributed by atoms with Gasteiger partial charge in [-0.05, 0) is 12.8 Å². The molecule has 2 unspecified atom stereocenters. The summed E-state index contributed by atoms with van der Waals surface area (Å²) in [4.78, 5) is 23.7. The van der Waals surface area contributed by atoms with Gasteiger partial charge in [0.1, 0.15) is 0 Å². The van der Waals surface area contributed by atoms with Crippen molar-refractivity contribution in [3.8, 4) is 6.07 Å². The van der Waals surface area contributed by atoms with Crippen molar-refractivity contribution in [2.45, 2.75) is 26.7 Å². The second-order valence-corrected chi connectivity index (χ2v) is 4.47. The van der Waals surface area contributed by atoms with Crippen LogP contribution >= 0.6 is 0 Å². The van der Waals surface area contributed by atoms with Crippen LogP contribution in [-0.2, 0) is 4.79 Å². The lowest BCUT2D eigenvalue weighted by Gasteiger charge is -2.21. The summed E-state index contributed by atoms with van der Waals surface area (Å²) < 4.78 is 0. The topological polar surface area (TPSA) is 93.4 Å². The fourth-order valence-corrected chi connectivity index (χ4v) is 1.51. The monoisotopic (exact) mass is 255 g/mol. The van der Waals surface area contributed by atoms with E-state index in [1.54, 1.807) is 14.0 Å². The minimum absolute atomic E-state index is 0.0507. The fraction of sp³-hybridized carbons (Fsp3) is 0.750. The minimum Gasteiger partial charge on any atom is -0.481 e. The quantitative estimate of drug-likeness (QED) is 0.716. The van der Waals surface area contributed by atoms with Crippen LogP contribution in [0.15, 0.2) is 0 Å². The van der Waals surface area contributed by atoms with Crippen LogP contribution in [0.2, 0.25) is 0 Å². The number of aliphatic carboxylic acids is 1. The van der Waals surface area contributed by atoms with Gasteiger partial charge in [0.05, 0.1) is 12.0 Å². The van der Waals surface area contributed by atoms with E-state index in [0.717, 1.165) is 0 Å². The van der Waals surface area contributed by atoms with E-state index in [4.69, 9.17) is 10.4 Å². The fourth-order valence-electron chi connectivity index (χ4n) is 1.51. The average Bonchev–Trinajstić information content (AvgIpc) is 2.33. The van der Waals surface area contributed by atoms with Gasteiger partial charge in [0.15, 0.2) is 0 Å². The Morgan fingerprint density at radius 2 is 2.11 bits per heavy atom. The number of nitrogens with zero attached hydrogens (tertiary/aromatic N) is 2. The van der Waals surface area contributed by atoms with Crippen molar-refractivity contribution in [2.24, 2.45) is 11.8 Å². The van der Waals surface area contributed by atoms with Crippen molar-refractivity contribution in [1.29, 1.82) is 5.26 Å². The number of carboxylic acids is 1. The second kappa shape index (κ2) is 8.34. The normalized spacial score (nSPS) is 13.2. The summed E-state index contributed by atoms with van der Waals surface area (Å²) >= 11 is 0. The van der Waals surface area contributed by atoms with Crippen molar-refractivity contribution in [3.05, 3.63) is 0 Å². The van der Waals surface area contributed by atoms with E-state index in [9.17, 15) is 9.59 Å². The molecule has 0 spiro atoms. The average molecular weight is 255 g/mol. The smallest absolute Gasteiger partial charge is 0.317 e. The van der Waals surface area contributed by atoms with Crippen LogP contribution in [0, 0.1) is 23.2 Å². The zero-order valence-electron chi connectivity index (χ0n) is 11.1. The predicted molar refractivity (Wildman–Crippen MR) is 66.8 cm³/mol. The molecule has 0 aliphatic heterocycles. The summed E-state index contributed by atoms with van der Waals surface area (Å²) in [6.45, 7) is 4.33. The molecule has 2 atom stereocenters. The Labute approximate surface area is 108 Å². The molecule has 0 aromatic rings. The molecule has 0 radical (unpaired) electrons. The number of urea groups is 1. The van der Waals surface area contributed by atoms with Gasteiger partial charge in [-0.3, -0.25) is 4.79 Å². The van der Waals surface area contributed by atoms with Gasteiger partial charge in [0.25, 0.3) is 0 Å². The molecule has 102 valence electrons. The number of amides is 2. The molecule has 0 aliphatic rings. The number of carboxylic acid groups (broad SMARTS) is 1. The Hall–Kier alpha value is -1.77. The highest BCUT2D eigenvalue weighted by atomic mass is 16.4. The highest BCUT2D eigenvalue weighted by molar-refractivity contribution is 5.74. The van der Waals surface area contributed by atoms with Crippen molar-refractivity contribution < 1.29 is 14.7 Å². The highest BCUT2D eigenvalue weighted by Gasteiger charge is 2.15. The SMILES string of the molecule is CCC(CNC(=O)N(C)CC(C)C#N)CC(=O)O. The first-order valence-electron chi connectivity index (χ1n) is 6.01. The number of hydrogen-bond donors (Lipinski definition) is 2. The Balaban J connectivity index is 4.08. The molecule has 6 heteroatoms. The van der Waals surface area contributed by atoms with Gasteiger partial charge < -0.3 is 15.3 Å². The zero-order chi connectivity index (χ0) is 14.1. The molecule has 2 N–H and O–H groups in total. The van der Waals surface area contributed by atoms with Gasteiger partial charge >= 0.3 is 12.0 Å². The summed E-state index contributed by atoms with van der Waals surface area (Å²) in [5.74, 6) is -1.14. The molecule has 6 nitrogen and oxygen atoms in total. The number of rotatable bonds is 7. The Morgan fingerprint density at radius 1 is 1.50 bits per heavy atom. The molecule has 0 saturated heterocycles. The Morgan fingerprint density at radius 3 is 2.56 bits per heavy atom. The van der Waals surface area contributed by atoms with Gasteiger partial charge in [-0.25, -0.2) is 4.79 Å². The van der Waals surface area contributed by atoms with Gasteiger partial charge in [-0.2, -0.15) is 5.26 Å². The number of carbonyl (C=O) groups excluding carboxylic acids is 1. The molecule has 0 fully saturated rings. The molecule has 0 saturated carbocycles. The molecule has 0 rings (SSSR count). The molecule has 0 bridgehead atoms. The van der Waals surface area contributed by atoms with Gasteiger partial charge in [0, 0.05) is 26.6 Å². The Bertz CT molecular complexity index is 325. The van der Waals surface area contributed by atoms with E-state index in [-0.39, 0.29) is 24.3 Å². The maximum atomic E-state index is 11.7. The molecule has 0 aromatic heterocycles. The number of nitrogens with one attached hydrogen (secondary N) is 1. The molecule has 0 aromatic carbocycles. The van der Waals surface area contributed by atoms with E-state index in [1.165, 1.54) is 4.90 Å². The predicted octanol–water partition coefficient (Wildman–Crippen LogP) is 1.29. The minimum atomic E-state index is -0.859. The summed E-state index contributed by atoms with van der Waals surface area (Å²) in [7, 11) is 1.61. The van der Waals surface area contributed by atoms with Crippen molar-refractivity contribution in [3.63, 3.8) is 0 Å². The molecule has 18 heavy (non-hydrogen) atoms. The lowest BCUT2D eigenvalue weighted by molar-refractivity contribution is -0.138. The number of nitriles is 1. The summed E-state index contributed by atoms with van der Waals surface area (Å²) in [5, 5.41) is 20.0. The lowest BCUT2D eigenvalue weighted by Crippen LogP contribution is -2.41. The molecular formula is C12H21N3O3. The number of carbonyl (C=O) groups is 2. The first-order chi connectivity index (χ1) is 8.40. The zero-order valence-corrected chi connectivity index (χ0v) is 11.1. The van der Waals surface area contributed by atoms with Gasteiger partial charge in [0.2, 0.25) is 0 Å². The van der Waals surface area contributed by atoms with Gasteiger partial charge in [-0.1, -0.05) is 13.3 Å².